The summed E-state index contributed by atoms with van der Waals surface area (Å²) in [7, 11) is 1.81. The molecule has 5 heteroatoms. The van der Waals surface area contributed by atoms with Crippen LogP contribution in [0.3, 0.4) is 0 Å². The lowest BCUT2D eigenvalue weighted by Crippen LogP contribution is -2.26. The molecule has 0 fully saturated rings. The van der Waals surface area contributed by atoms with E-state index >= 15 is 0 Å². The summed E-state index contributed by atoms with van der Waals surface area (Å²) >= 11 is 0. The molecule has 3 N–H and O–H groups in total. The number of hydroxylamine groups is 1. The Morgan fingerprint density at radius 2 is 2.50 bits per heavy atom. The van der Waals surface area contributed by atoms with Gasteiger partial charge in [-0.15, -0.1) is 0 Å². The average Bonchev–Trinajstić information content (AvgIpc) is 1.35. The lowest BCUT2D eigenvalue weighted by atomic mass is 11.2. The van der Waals surface area contributed by atoms with Gasteiger partial charge in [-0.1, -0.05) is 0 Å². The van der Waals surface area contributed by atoms with E-state index in [-0.39, 0.29) is 0 Å². The molecule has 0 heterocycles. The van der Waals surface area contributed by atoms with E-state index in [0.717, 1.165) is 0 Å². The van der Waals surface area contributed by atoms with Gasteiger partial charge in [0.05, 0.1) is 0 Å². The van der Waals surface area contributed by atoms with Gasteiger partial charge >= 0.3 is 6.03 Å². The summed E-state index contributed by atoms with van der Waals surface area (Å²) in [5.74, 6) is 0. The van der Waals surface area contributed by atoms with Crippen molar-refractivity contribution < 1.29 is 9.42 Å². The van der Waals surface area contributed by atoms with Crippen molar-refractivity contribution in [2.75, 3.05) is 0 Å². The van der Waals surface area contributed by atoms with E-state index in [1.807, 2.05) is 14.9 Å². The quantitative estimate of drug-likeness (QED) is 0.347. The Labute approximate surface area is 37.3 Å². The van der Waals surface area contributed by atoms with Crippen LogP contribution in [0.25, 0.3) is 0 Å². The highest BCUT2D eigenvalue weighted by molar-refractivity contribution is 7.09. The third kappa shape index (κ3) is 3.66. The lowest BCUT2D eigenvalue weighted by molar-refractivity contribution is 0.202. The second-order valence-electron chi connectivity index (χ2n) is 0.584. The van der Waals surface area contributed by atoms with Crippen molar-refractivity contribution in [2.45, 2.75) is 0 Å². The molecule has 6 heavy (non-hydrogen) atoms. The Morgan fingerprint density at radius 1 is 2.00 bits per heavy atom. The average molecular weight is 108 g/mol. The van der Waals surface area contributed by atoms with Crippen molar-refractivity contribution in [1.29, 1.82) is 0 Å². The highest BCUT2D eigenvalue weighted by atomic mass is 31.0. The van der Waals surface area contributed by atoms with Crippen LogP contribution in [0.5, 0.6) is 0 Å². The fraction of sp³-hybridized carbons (Fsp3) is 0. The molecule has 1 unspecified atom stereocenters. The number of urea groups is 1. The van der Waals surface area contributed by atoms with Gasteiger partial charge in [0.25, 0.3) is 0 Å². The van der Waals surface area contributed by atoms with Crippen LogP contribution in [-0.2, 0) is 4.62 Å². The normalized spacial score (nSPS) is 7.50. The van der Waals surface area contributed by atoms with Gasteiger partial charge in [0.1, 0.15) is 0 Å². The Hall–Kier alpha value is -0.340. The Balaban J connectivity index is 2.83. The first-order valence-electron chi connectivity index (χ1n) is 1.18. The summed E-state index contributed by atoms with van der Waals surface area (Å²) in [6.07, 6.45) is 0. The molecule has 0 radical (unpaired) electrons. The summed E-state index contributed by atoms with van der Waals surface area (Å²) in [6.45, 7) is 0. The van der Waals surface area contributed by atoms with Crippen LogP contribution in [0.15, 0.2) is 0 Å². The molecule has 0 rings (SSSR count). The molecule has 4 nitrogen and oxygen atoms in total. The van der Waals surface area contributed by atoms with Gasteiger partial charge < -0.3 is 5.73 Å². The molecule has 2 amide bonds. The molecule has 0 aliphatic carbocycles. The summed E-state index contributed by atoms with van der Waals surface area (Å²) in [5, 5.41) is 0. The third-order valence-corrected chi connectivity index (χ3v) is 0.277. The number of nitrogens with two attached hydrogens (primary N) is 1. The van der Waals surface area contributed by atoms with Crippen LogP contribution in [0.4, 0.5) is 4.79 Å². The monoisotopic (exact) mass is 108 g/mol. The minimum atomic E-state index is -0.704. The third-order valence-electron chi connectivity index (χ3n) is 0.160. The van der Waals surface area contributed by atoms with Gasteiger partial charge in [0, 0.05) is 9.47 Å². The van der Waals surface area contributed by atoms with Crippen LogP contribution >= 0.6 is 9.47 Å². The number of primary amides is 1. The van der Waals surface area contributed by atoms with Crippen molar-refractivity contribution in [2.24, 2.45) is 5.73 Å². The second-order valence-corrected chi connectivity index (χ2v) is 0.820. The van der Waals surface area contributed by atoms with Gasteiger partial charge in [-0.3, -0.25) is 4.62 Å². The van der Waals surface area contributed by atoms with Crippen LogP contribution in [-0.4, -0.2) is 6.03 Å². The van der Waals surface area contributed by atoms with Crippen molar-refractivity contribution in [3.8, 4) is 0 Å². The lowest BCUT2D eigenvalue weighted by Gasteiger charge is -1.89. The largest absolute Gasteiger partial charge is 0.350 e. The number of rotatable bonds is 1. The fourth-order valence-electron chi connectivity index (χ4n) is 0.0581. The highest BCUT2D eigenvalue weighted by Crippen LogP contribution is 1.72. The van der Waals surface area contributed by atoms with Crippen LogP contribution in [0, 0.1) is 0 Å². The molecule has 1 atom stereocenters. The molecule has 0 spiro atoms. The van der Waals surface area contributed by atoms with Crippen molar-refractivity contribution in [3.05, 3.63) is 0 Å². The molecule has 0 bridgehead atoms. The zero-order valence-electron chi connectivity index (χ0n) is 2.97. The number of carbonyl (C=O) groups excluding carboxylic acids is 1. The first-order valence-corrected chi connectivity index (χ1v) is 1.65. The first-order chi connectivity index (χ1) is 2.77. The van der Waals surface area contributed by atoms with E-state index in [1.165, 1.54) is 0 Å². The summed E-state index contributed by atoms with van der Waals surface area (Å²) in [6, 6.07) is -0.704. The van der Waals surface area contributed by atoms with Crippen LogP contribution < -0.4 is 11.2 Å². The fourth-order valence-corrected chi connectivity index (χ4v) is 0.174. The zero-order valence-corrected chi connectivity index (χ0v) is 4.13. The molecule has 0 aliphatic heterocycles. The van der Waals surface area contributed by atoms with E-state index in [4.69, 9.17) is 0 Å². The summed E-state index contributed by atoms with van der Waals surface area (Å²) in [5.41, 5.74) is 6.32. The smallest absolute Gasteiger partial charge is 0.336 e. The molecule has 0 aliphatic rings. The molecular formula is CH5N2O2P. The van der Waals surface area contributed by atoms with Gasteiger partial charge in [0.15, 0.2) is 0 Å². The van der Waals surface area contributed by atoms with Gasteiger partial charge in [-0.2, -0.15) is 0 Å². The van der Waals surface area contributed by atoms with E-state index < -0.39 is 6.03 Å². The molecule has 0 aromatic carbocycles. The maximum atomic E-state index is 9.57. The molecule has 0 saturated carbocycles. The van der Waals surface area contributed by atoms with E-state index in [9.17, 15) is 4.79 Å². The number of hydrogen-bond donors (Lipinski definition) is 2. The minimum absolute atomic E-state index is 0.704. The van der Waals surface area contributed by atoms with Crippen molar-refractivity contribution in [1.82, 2.24) is 5.48 Å². The molecule has 0 saturated heterocycles. The Bertz CT molecular complexity index is 55.5. The number of hydrogen-bond acceptors (Lipinski definition) is 2. The maximum Gasteiger partial charge on any atom is 0.336 e. The van der Waals surface area contributed by atoms with Crippen LogP contribution in [0.2, 0.25) is 0 Å². The number of nitrogens with one attached hydrogen (secondary N) is 1. The second kappa shape index (κ2) is 2.87. The van der Waals surface area contributed by atoms with Gasteiger partial charge in [0.2, 0.25) is 0 Å². The minimum Gasteiger partial charge on any atom is -0.350 e. The predicted molar refractivity (Wildman–Crippen MR) is 23.5 cm³/mol. The Kier molecular flexibility index (Phi) is 2.71. The molecule has 36 valence electrons. The zero-order chi connectivity index (χ0) is 4.99. The van der Waals surface area contributed by atoms with Crippen molar-refractivity contribution in [3.63, 3.8) is 0 Å². The standard InChI is InChI=1S/CH5N2O2P/c2-1(4)3-5-6/h6H2,(H3,2,3,4). The molecule has 0 aromatic rings. The topological polar surface area (TPSA) is 64.4 Å². The predicted octanol–water partition coefficient (Wildman–Crippen LogP) is -0.624. The highest BCUT2D eigenvalue weighted by Gasteiger charge is 1.80. The summed E-state index contributed by atoms with van der Waals surface area (Å²) in [4.78, 5) is 9.57. The SMILES string of the molecule is NC(=O)NOP. The van der Waals surface area contributed by atoms with Gasteiger partial charge in [-0.05, 0) is 0 Å². The number of amides is 2. The van der Waals surface area contributed by atoms with E-state index in [2.05, 4.69) is 10.4 Å². The maximum absolute atomic E-state index is 9.57. The van der Waals surface area contributed by atoms with E-state index in [1.54, 1.807) is 0 Å². The molecule has 0 aromatic heterocycles. The van der Waals surface area contributed by atoms with Gasteiger partial charge in [-0.25, -0.2) is 10.3 Å². The summed E-state index contributed by atoms with van der Waals surface area (Å²) < 4.78 is 4.00. The van der Waals surface area contributed by atoms with E-state index in [0.29, 0.717) is 0 Å². The number of carbonyl (C=O) groups is 1. The van der Waals surface area contributed by atoms with Crippen molar-refractivity contribution >= 4 is 15.5 Å². The Morgan fingerprint density at radius 3 is 2.50 bits per heavy atom. The van der Waals surface area contributed by atoms with Crippen LogP contribution in [0.1, 0.15) is 0 Å². The first kappa shape index (κ1) is 5.66. The molecular weight excluding hydrogens is 103 g/mol.